The van der Waals surface area contributed by atoms with Crippen molar-refractivity contribution in [2.45, 2.75) is 44.9 Å². The van der Waals surface area contributed by atoms with Gasteiger partial charge in [-0.05, 0) is 44.9 Å². The van der Waals surface area contributed by atoms with Gasteiger partial charge in [-0.1, -0.05) is 6.07 Å². The van der Waals surface area contributed by atoms with Crippen LogP contribution in [0.4, 0.5) is 0 Å². The molecule has 1 aliphatic rings. The van der Waals surface area contributed by atoms with E-state index in [0.717, 1.165) is 35.9 Å². The molecule has 0 aliphatic carbocycles. The van der Waals surface area contributed by atoms with Crippen molar-refractivity contribution in [3.8, 4) is 6.07 Å². The van der Waals surface area contributed by atoms with Gasteiger partial charge in [-0.2, -0.15) is 5.26 Å². The number of rotatable bonds is 2. The number of hydrogen-bond donors (Lipinski definition) is 0. The van der Waals surface area contributed by atoms with Crippen molar-refractivity contribution in [2.24, 2.45) is 0 Å². The second-order valence-electron chi connectivity index (χ2n) is 5.86. The van der Waals surface area contributed by atoms with E-state index in [1.807, 2.05) is 18.2 Å². The highest BCUT2D eigenvalue weighted by Gasteiger charge is 2.31. The summed E-state index contributed by atoms with van der Waals surface area (Å²) in [6.45, 7) is 5.16. The molecular weight excluding hydrogens is 236 g/mol. The maximum atomic E-state index is 9.11. The first-order valence-electron chi connectivity index (χ1n) is 6.75. The molecule has 0 saturated carbocycles. The van der Waals surface area contributed by atoms with E-state index < -0.39 is 0 Å². The molecule has 0 bridgehead atoms. The Morgan fingerprint density at radius 2 is 2.26 bits per heavy atom. The van der Waals surface area contributed by atoms with E-state index in [0.29, 0.717) is 0 Å². The number of nitriles is 1. The molecule has 0 spiro atoms. The fourth-order valence-electron chi connectivity index (χ4n) is 2.91. The van der Waals surface area contributed by atoms with E-state index in [1.54, 1.807) is 0 Å². The highest BCUT2D eigenvalue weighted by atomic mass is 16.5. The van der Waals surface area contributed by atoms with Crippen LogP contribution >= 0.6 is 0 Å². The monoisotopic (exact) mass is 254 g/mol. The average molecular weight is 254 g/mol. The highest BCUT2D eigenvalue weighted by molar-refractivity contribution is 5.85. The van der Waals surface area contributed by atoms with Gasteiger partial charge in [-0.3, -0.25) is 0 Å². The molecule has 1 atom stereocenters. The zero-order valence-corrected chi connectivity index (χ0v) is 11.4. The summed E-state index contributed by atoms with van der Waals surface area (Å²) in [6.07, 6.45) is 4.54. The van der Waals surface area contributed by atoms with Gasteiger partial charge < -0.3 is 9.30 Å². The summed E-state index contributed by atoms with van der Waals surface area (Å²) >= 11 is 0. The van der Waals surface area contributed by atoms with Gasteiger partial charge in [0.25, 0.3) is 0 Å². The van der Waals surface area contributed by atoms with E-state index in [2.05, 4.69) is 36.7 Å². The van der Waals surface area contributed by atoms with Crippen molar-refractivity contribution in [3.63, 3.8) is 0 Å². The van der Waals surface area contributed by atoms with Crippen molar-refractivity contribution in [2.75, 3.05) is 0 Å². The van der Waals surface area contributed by atoms with E-state index in [9.17, 15) is 0 Å². The molecule has 1 aliphatic heterocycles. The Labute approximate surface area is 113 Å². The van der Waals surface area contributed by atoms with Gasteiger partial charge in [-0.15, -0.1) is 0 Å². The fourth-order valence-corrected chi connectivity index (χ4v) is 2.91. The number of fused-ring (bicyclic) bond motifs is 1. The van der Waals surface area contributed by atoms with Gasteiger partial charge in [0, 0.05) is 23.6 Å². The molecule has 98 valence electrons. The Bertz CT molecular complexity index is 648. The molecule has 1 aromatic heterocycles. The van der Waals surface area contributed by atoms with Crippen molar-refractivity contribution >= 4 is 10.9 Å². The quantitative estimate of drug-likeness (QED) is 0.823. The lowest BCUT2D eigenvalue weighted by atomic mass is 10.1. The molecule has 2 aromatic rings. The zero-order valence-electron chi connectivity index (χ0n) is 11.4. The smallest absolute Gasteiger partial charge is 0.0998 e. The van der Waals surface area contributed by atoms with E-state index >= 15 is 0 Å². The van der Waals surface area contributed by atoms with Crippen molar-refractivity contribution in [1.82, 2.24) is 4.57 Å². The summed E-state index contributed by atoms with van der Waals surface area (Å²) < 4.78 is 8.24. The lowest BCUT2D eigenvalue weighted by molar-refractivity contribution is -0.0212. The minimum absolute atomic E-state index is 0.00539. The number of nitrogens with zero attached hydrogens (tertiary/aromatic N) is 2. The Kier molecular flexibility index (Phi) is 2.83. The first-order chi connectivity index (χ1) is 9.09. The van der Waals surface area contributed by atoms with Gasteiger partial charge in [0.1, 0.15) is 0 Å². The lowest BCUT2D eigenvalue weighted by Gasteiger charge is -2.19. The van der Waals surface area contributed by atoms with Gasteiger partial charge in [0.2, 0.25) is 0 Å². The predicted octanol–water partition coefficient (Wildman–Crippen LogP) is 3.47. The van der Waals surface area contributed by atoms with Crippen LogP contribution in [0.1, 0.15) is 32.3 Å². The summed E-state index contributed by atoms with van der Waals surface area (Å²) in [6, 6.07) is 10.1. The van der Waals surface area contributed by atoms with Crippen LogP contribution in [0.2, 0.25) is 0 Å². The summed E-state index contributed by atoms with van der Waals surface area (Å²) in [5.41, 5.74) is 1.86. The SMILES string of the molecule is CC1(C)CCC(Cn2ccc3c(C#N)cccc32)O1. The topological polar surface area (TPSA) is 38.0 Å². The Hall–Kier alpha value is -1.79. The second-order valence-corrected chi connectivity index (χ2v) is 5.86. The summed E-state index contributed by atoms with van der Waals surface area (Å²) in [4.78, 5) is 0. The minimum Gasteiger partial charge on any atom is -0.370 e. The van der Waals surface area contributed by atoms with Crippen molar-refractivity contribution in [3.05, 3.63) is 36.0 Å². The van der Waals surface area contributed by atoms with Crippen LogP contribution in [0.25, 0.3) is 10.9 Å². The van der Waals surface area contributed by atoms with Gasteiger partial charge >= 0.3 is 0 Å². The number of benzene rings is 1. The third kappa shape index (κ3) is 2.24. The van der Waals surface area contributed by atoms with Crippen LogP contribution in [0, 0.1) is 11.3 Å². The predicted molar refractivity (Wildman–Crippen MR) is 74.8 cm³/mol. The van der Waals surface area contributed by atoms with Crippen LogP contribution in [-0.4, -0.2) is 16.3 Å². The third-order valence-corrected chi connectivity index (χ3v) is 3.89. The number of aromatic nitrogens is 1. The summed E-state index contributed by atoms with van der Waals surface area (Å²) in [5.74, 6) is 0. The van der Waals surface area contributed by atoms with Crippen LogP contribution in [0.3, 0.4) is 0 Å². The van der Waals surface area contributed by atoms with Crippen LogP contribution in [0.15, 0.2) is 30.5 Å². The molecule has 1 saturated heterocycles. The van der Waals surface area contributed by atoms with E-state index in [-0.39, 0.29) is 11.7 Å². The first-order valence-corrected chi connectivity index (χ1v) is 6.75. The van der Waals surface area contributed by atoms with Crippen molar-refractivity contribution in [1.29, 1.82) is 5.26 Å². The van der Waals surface area contributed by atoms with E-state index in [4.69, 9.17) is 10.00 Å². The highest BCUT2D eigenvalue weighted by Crippen LogP contribution is 2.31. The summed E-state index contributed by atoms with van der Waals surface area (Å²) in [5, 5.41) is 10.1. The molecule has 2 heterocycles. The minimum atomic E-state index is 0.00539. The second kappa shape index (κ2) is 4.40. The molecule has 19 heavy (non-hydrogen) atoms. The fraction of sp³-hybridized carbons (Fsp3) is 0.438. The molecular formula is C16H18N2O. The Morgan fingerprint density at radius 1 is 1.42 bits per heavy atom. The molecule has 1 unspecified atom stereocenters. The zero-order chi connectivity index (χ0) is 13.5. The third-order valence-electron chi connectivity index (χ3n) is 3.89. The molecule has 0 radical (unpaired) electrons. The molecule has 0 N–H and O–H groups in total. The van der Waals surface area contributed by atoms with Crippen LogP contribution < -0.4 is 0 Å². The first kappa shape index (κ1) is 12.3. The van der Waals surface area contributed by atoms with Crippen LogP contribution in [-0.2, 0) is 11.3 Å². The van der Waals surface area contributed by atoms with Crippen LogP contribution in [0.5, 0.6) is 0 Å². The van der Waals surface area contributed by atoms with E-state index in [1.165, 1.54) is 0 Å². The van der Waals surface area contributed by atoms with Gasteiger partial charge in [-0.25, -0.2) is 0 Å². The Balaban J connectivity index is 1.89. The summed E-state index contributed by atoms with van der Waals surface area (Å²) in [7, 11) is 0. The van der Waals surface area contributed by atoms with Gasteiger partial charge in [0.05, 0.1) is 23.3 Å². The lowest BCUT2D eigenvalue weighted by Crippen LogP contribution is -2.22. The molecule has 3 nitrogen and oxygen atoms in total. The molecule has 1 fully saturated rings. The molecule has 3 rings (SSSR count). The largest absolute Gasteiger partial charge is 0.370 e. The maximum Gasteiger partial charge on any atom is 0.0998 e. The average Bonchev–Trinajstić information content (AvgIpc) is 2.93. The Morgan fingerprint density at radius 3 is 2.95 bits per heavy atom. The standard InChI is InChI=1S/C16H18N2O/c1-16(2)8-6-13(19-16)11-18-9-7-14-12(10-17)4-3-5-15(14)18/h3-5,7,9,13H,6,8,11H2,1-2H3. The number of hydrogen-bond acceptors (Lipinski definition) is 2. The maximum absolute atomic E-state index is 9.11. The number of ether oxygens (including phenoxy) is 1. The molecule has 0 amide bonds. The normalized spacial score (nSPS) is 21.6. The molecule has 3 heteroatoms. The van der Waals surface area contributed by atoms with Crippen molar-refractivity contribution < 1.29 is 4.74 Å². The van der Waals surface area contributed by atoms with Gasteiger partial charge in [0.15, 0.2) is 0 Å². The molecule has 1 aromatic carbocycles.